The molecule has 0 unspecified atom stereocenters. The van der Waals surface area contributed by atoms with Crippen molar-refractivity contribution >= 4 is 5.91 Å². The Labute approximate surface area is 106 Å². The number of nitrogens with one attached hydrogen (secondary N) is 1. The summed E-state index contributed by atoms with van der Waals surface area (Å²) in [6.45, 7) is -0.0756. The van der Waals surface area contributed by atoms with Gasteiger partial charge in [-0.05, 0) is 36.1 Å². The van der Waals surface area contributed by atoms with Crippen LogP contribution < -0.4 is 15.8 Å². The first-order valence-corrected chi connectivity index (χ1v) is 5.85. The Morgan fingerprint density at radius 3 is 3.22 bits per heavy atom. The molecule has 0 heterocycles. The average Bonchev–Trinajstić information content (AvgIpc) is 2.75. The van der Waals surface area contributed by atoms with E-state index >= 15 is 0 Å². The number of carbonyl (C=O) groups is 1. The lowest BCUT2D eigenvalue weighted by atomic mass is 10.1. The molecule has 0 bridgehead atoms. The van der Waals surface area contributed by atoms with Crippen LogP contribution in [-0.4, -0.2) is 19.1 Å². The number of nitrogens with two attached hydrogens (primary N) is 1. The van der Waals surface area contributed by atoms with Crippen LogP contribution in [0.3, 0.4) is 0 Å². The second kappa shape index (κ2) is 5.52. The Hall–Kier alpha value is -2.06. The Kier molecular flexibility index (Phi) is 3.80. The topological polar surface area (TPSA) is 88.1 Å². The first-order chi connectivity index (χ1) is 8.70. The molecule has 5 nitrogen and oxygen atoms in total. The maximum atomic E-state index is 11.3. The number of benzene rings is 1. The van der Waals surface area contributed by atoms with Crippen molar-refractivity contribution in [3.63, 3.8) is 0 Å². The number of nitriles is 1. The number of nitrogens with zero attached hydrogens (tertiary/aromatic N) is 1. The Bertz CT molecular complexity index is 493. The number of rotatable bonds is 4. The van der Waals surface area contributed by atoms with E-state index in [0.29, 0.717) is 5.75 Å². The predicted octanol–water partition coefficient (Wildman–Crippen LogP) is 0.651. The van der Waals surface area contributed by atoms with Crippen LogP contribution in [0.2, 0.25) is 0 Å². The summed E-state index contributed by atoms with van der Waals surface area (Å²) in [6.07, 6.45) is 1.91. The first kappa shape index (κ1) is 12.4. The van der Waals surface area contributed by atoms with Gasteiger partial charge in [0.15, 0.2) is 6.61 Å². The van der Waals surface area contributed by atoms with Crippen molar-refractivity contribution in [3.8, 4) is 11.8 Å². The zero-order valence-corrected chi connectivity index (χ0v) is 9.98. The Morgan fingerprint density at radius 1 is 1.61 bits per heavy atom. The molecule has 0 saturated carbocycles. The minimum atomic E-state index is -0.297. The molecule has 5 heteroatoms. The van der Waals surface area contributed by atoms with E-state index in [4.69, 9.17) is 15.7 Å². The summed E-state index contributed by atoms with van der Waals surface area (Å²) in [7, 11) is 0. The molecule has 0 spiro atoms. The third kappa shape index (κ3) is 2.79. The highest BCUT2D eigenvalue weighted by Crippen LogP contribution is 2.31. The summed E-state index contributed by atoms with van der Waals surface area (Å²) < 4.78 is 5.36. The van der Waals surface area contributed by atoms with Gasteiger partial charge >= 0.3 is 0 Å². The smallest absolute Gasteiger partial charge is 0.258 e. The summed E-state index contributed by atoms with van der Waals surface area (Å²) >= 11 is 0. The molecule has 1 aromatic rings. The summed E-state index contributed by atoms with van der Waals surface area (Å²) in [5.74, 6) is 0.365. The van der Waals surface area contributed by atoms with Gasteiger partial charge in [-0.1, -0.05) is 6.07 Å². The SMILES string of the molecule is N#CCNC(=O)COc1ccc2c(c1)CC[C@H]2N. The fourth-order valence-electron chi connectivity index (χ4n) is 2.05. The van der Waals surface area contributed by atoms with E-state index in [0.717, 1.165) is 18.4 Å². The largest absolute Gasteiger partial charge is 0.484 e. The molecule has 1 amide bonds. The zero-order chi connectivity index (χ0) is 13.0. The van der Waals surface area contributed by atoms with Crippen LogP contribution >= 0.6 is 0 Å². The molecule has 18 heavy (non-hydrogen) atoms. The van der Waals surface area contributed by atoms with Crippen LogP contribution in [0.1, 0.15) is 23.6 Å². The molecule has 94 valence electrons. The fraction of sp³-hybridized carbons (Fsp3) is 0.385. The lowest BCUT2D eigenvalue weighted by Gasteiger charge is -2.08. The lowest BCUT2D eigenvalue weighted by Crippen LogP contribution is -2.29. The molecule has 1 atom stereocenters. The molecule has 0 aromatic heterocycles. The average molecular weight is 245 g/mol. The van der Waals surface area contributed by atoms with E-state index in [-0.39, 0.29) is 25.1 Å². The summed E-state index contributed by atoms with van der Waals surface area (Å²) in [6, 6.07) is 7.66. The van der Waals surface area contributed by atoms with Gasteiger partial charge < -0.3 is 15.8 Å². The quantitative estimate of drug-likeness (QED) is 0.762. The van der Waals surface area contributed by atoms with E-state index in [9.17, 15) is 4.79 Å². The minimum absolute atomic E-state index is 0.00122. The van der Waals surface area contributed by atoms with E-state index in [1.54, 1.807) is 0 Å². The van der Waals surface area contributed by atoms with Gasteiger partial charge in [0.2, 0.25) is 0 Å². The standard InChI is InChI=1S/C13H15N3O2/c14-5-6-16-13(17)8-18-10-2-3-11-9(7-10)1-4-12(11)15/h2-3,7,12H,1,4,6,8,15H2,(H,16,17)/t12-/m1/s1. The van der Waals surface area contributed by atoms with Gasteiger partial charge in [-0.15, -0.1) is 0 Å². The highest BCUT2D eigenvalue weighted by molar-refractivity contribution is 5.77. The monoisotopic (exact) mass is 245 g/mol. The van der Waals surface area contributed by atoms with Crippen LogP contribution in [-0.2, 0) is 11.2 Å². The van der Waals surface area contributed by atoms with Gasteiger partial charge in [0.05, 0.1) is 6.07 Å². The molecule has 2 rings (SSSR count). The van der Waals surface area contributed by atoms with Crippen molar-refractivity contribution in [2.24, 2.45) is 5.73 Å². The van der Waals surface area contributed by atoms with Crippen LogP contribution in [0.5, 0.6) is 5.75 Å². The number of hydrogen-bond donors (Lipinski definition) is 2. The van der Waals surface area contributed by atoms with Crippen LogP contribution in [0, 0.1) is 11.3 Å². The number of amides is 1. The van der Waals surface area contributed by atoms with Crippen LogP contribution in [0.15, 0.2) is 18.2 Å². The third-order valence-electron chi connectivity index (χ3n) is 2.97. The molecule has 0 fully saturated rings. The summed E-state index contributed by atoms with van der Waals surface area (Å²) in [5.41, 5.74) is 8.29. The summed E-state index contributed by atoms with van der Waals surface area (Å²) in [5, 5.41) is 10.7. The molecule has 1 aromatic carbocycles. The fourth-order valence-corrected chi connectivity index (χ4v) is 2.05. The Morgan fingerprint density at radius 2 is 2.44 bits per heavy atom. The molecule has 3 N–H and O–H groups in total. The second-order valence-corrected chi connectivity index (χ2v) is 4.23. The van der Waals surface area contributed by atoms with Crippen molar-refractivity contribution in [3.05, 3.63) is 29.3 Å². The number of aryl methyl sites for hydroxylation is 1. The zero-order valence-electron chi connectivity index (χ0n) is 9.98. The highest BCUT2D eigenvalue weighted by Gasteiger charge is 2.19. The molecule has 1 aliphatic carbocycles. The number of carbonyl (C=O) groups excluding carboxylic acids is 1. The van der Waals surface area contributed by atoms with Crippen molar-refractivity contribution in [1.82, 2.24) is 5.32 Å². The molecule has 0 saturated heterocycles. The molecular formula is C13H15N3O2. The predicted molar refractivity (Wildman–Crippen MR) is 65.8 cm³/mol. The van der Waals surface area contributed by atoms with E-state index in [2.05, 4.69) is 5.32 Å². The van der Waals surface area contributed by atoms with E-state index < -0.39 is 0 Å². The lowest BCUT2D eigenvalue weighted by molar-refractivity contribution is -0.122. The molecule has 0 aliphatic heterocycles. The second-order valence-electron chi connectivity index (χ2n) is 4.23. The minimum Gasteiger partial charge on any atom is -0.484 e. The maximum Gasteiger partial charge on any atom is 0.258 e. The van der Waals surface area contributed by atoms with E-state index in [1.807, 2.05) is 24.3 Å². The van der Waals surface area contributed by atoms with Crippen LogP contribution in [0.4, 0.5) is 0 Å². The van der Waals surface area contributed by atoms with Crippen molar-refractivity contribution in [2.75, 3.05) is 13.2 Å². The Balaban J connectivity index is 1.91. The summed E-state index contributed by atoms with van der Waals surface area (Å²) in [4.78, 5) is 11.3. The van der Waals surface area contributed by atoms with Crippen LogP contribution in [0.25, 0.3) is 0 Å². The van der Waals surface area contributed by atoms with Gasteiger partial charge in [-0.2, -0.15) is 5.26 Å². The third-order valence-corrected chi connectivity index (χ3v) is 2.97. The van der Waals surface area contributed by atoms with Gasteiger partial charge in [0.25, 0.3) is 5.91 Å². The molecular weight excluding hydrogens is 230 g/mol. The van der Waals surface area contributed by atoms with Crippen molar-refractivity contribution in [2.45, 2.75) is 18.9 Å². The maximum absolute atomic E-state index is 11.3. The van der Waals surface area contributed by atoms with Gasteiger partial charge in [0, 0.05) is 6.04 Å². The number of hydrogen-bond acceptors (Lipinski definition) is 4. The normalized spacial score (nSPS) is 16.8. The van der Waals surface area contributed by atoms with Gasteiger partial charge in [-0.3, -0.25) is 4.79 Å². The molecule has 0 radical (unpaired) electrons. The number of ether oxygens (including phenoxy) is 1. The highest BCUT2D eigenvalue weighted by atomic mass is 16.5. The van der Waals surface area contributed by atoms with Crippen molar-refractivity contribution in [1.29, 1.82) is 5.26 Å². The van der Waals surface area contributed by atoms with E-state index in [1.165, 1.54) is 5.56 Å². The van der Waals surface area contributed by atoms with Gasteiger partial charge in [-0.25, -0.2) is 0 Å². The van der Waals surface area contributed by atoms with Gasteiger partial charge in [0.1, 0.15) is 12.3 Å². The first-order valence-electron chi connectivity index (χ1n) is 5.85. The van der Waals surface area contributed by atoms with Crippen molar-refractivity contribution < 1.29 is 9.53 Å². The number of fused-ring (bicyclic) bond motifs is 1. The molecule has 1 aliphatic rings.